The normalized spacial score (nSPS) is 18.0. The van der Waals surface area contributed by atoms with Crippen LogP contribution < -0.4 is 9.13 Å². The average Bonchev–Trinajstić information content (AvgIpc) is 2.84. The van der Waals surface area contributed by atoms with Crippen LogP contribution in [0.1, 0.15) is 6.42 Å². The van der Waals surface area contributed by atoms with Crippen LogP contribution in [0, 0.1) is 0 Å². The Bertz CT molecular complexity index is 1400. The molecule has 164 valence electrons. The number of benzene rings is 2. The van der Waals surface area contributed by atoms with Crippen LogP contribution in [-0.2, 0) is 11.1 Å². The number of rotatable bonds is 5. The lowest BCUT2D eigenvalue weighted by molar-refractivity contribution is -0.699. The van der Waals surface area contributed by atoms with E-state index in [1.807, 2.05) is 47.3 Å². The first kappa shape index (κ1) is 21.5. The van der Waals surface area contributed by atoms with Gasteiger partial charge in [-0.05, 0) is 29.0 Å². The maximum absolute atomic E-state index is 12.2. The van der Waals surface area contributed by atoms with Crippen molar-refractivity contribution in [2.24, 2.45) is 0 Å². The minimum atomic E-state index is -4.32. The lowest BCUT2D eigenvalue weighted by atomic mass is 9.99. The summed E-state index contributed by atoms with van der Waals surface area (Å²) in [6.07, 6.45) is 15.2. The van der Waals surface area contributed by atoms with E-state index in [4.69, 9.17) is 0 Å². The molecule has 4 aromatic rings. The Morgan fingerprint density at radius 3 is 2.15 bits per heavy atom. The largest absolute Gasteiger partial charge is 0.342 e. The molecule has 1 atom stereocenters. The maximum Gasteiger partial charge on any atom is 0.342 e. The maximum atomic E-state index is 12.2. The fourth-order valence-electron chi connectivity index (χ4n) is 4.36. The van der Waals surface area contributed by atoms with Gasteiger partial charge in [0.1, 0.15) is 0 Å². The van der Waals surface area contributed by atoms with Crippen LogP contribution in [0.4, 0.5) is 0 Å². The molecule has 5 rings (SSSR count). The Labute approximate surface area is 192 Å². The fourth-order valence-corrected chi connectivity index (χ4v) is 5.33. The first-order valence-corrected chi connectivity index (χ1v) is 12.5. The summed E-state index contributed by atoms with van der Waals surface area (Å²) in [6.45, 7) is 0.217. The molecule has 33 heavy (non-hydrogen) atoms. The molecule has 6 heteroatoms. The van der Waals surface area contributed by atoms with Crippen LogP contribution in [0.2, 0.25) is 0 Å². The molecule has 0 aliphatic heterocycles. The van der Waals surface area contributed by atoms with Gasteiger partial charge in [-0.25, -0.2) is 4.57 Å². The van der Waals surface area contributed by atoms with E-state index in [1.165, 1.54) is 10.8 Å². The molecule has 2 aromatic carbocycles. The Hall–Kier alpha value is -3.37. The van der Waals surface area contributed by atoms with Crippen LogP contribution in [0.25, 0.3) is 27.6 Å². The van der Waals surface area contributed by atoms with Gasteiger partial charge in [-0.15, -0.1) is 0 Å². The molecule has 2 aromatic heterocycles. The molecule has 0 amide bonds. The molecule has 1 unspecified atom stereocenters. The van der Waals surface area contributed by atoms with Crippen molar-refractivity contribution in [3.63, 3.8) is 0 Å². The van der Waals surface area contributed by atoms with E-state index in [1.54, 1.807) is 12.2 Å². The SMILES string of the molecule is O=P(O)(O)C1(C[n+]2ccc(-c3cc[n+](-c4cccc5ccccc45)cc3)cc2)C=CC=CC1. The zero-order chi connectivity index (χ0) is 22.9. The third-order valence-corrected chi connectivity index (χ3v) is 7.89. The van der Waals surface area contributed by atoms with Crippen LogP contribution in [-0.4, -0.2) is 14.9 Å². The second-order valence-corrected chi connectivity index (χ2v) is 10.4. The van der Waals surface area contributed by atoms with Crippen molar-refractivity contribution in [3.05, 3.63) is 116 Å². The van der Waals surface area contributed by atoms with Gasteiger partial charge in [0.25, 0.3) is 0 Å². The van der Waals surface area contributed by atoms with Gasteiger partial charge in [0.15, 0.2) is 36.5 Å². The number of fused-ring (bicyclic) bond motifs is 1. The van der Waals surface area contributed by atoms with Crippen LogP contribution in [0.15, 0.2) is 116 Å². The zero-order valence-electron chi connectivity index (χ0n) is 18.0. The zero-order valence-corrected chi connectivity index (χ0v) is 18.9. The van der Waals surface area contributed by atoms with Gasteiger partial charge in [0.05, 0.1) is 5.39 Å². The number of allylic oxidation sites excluding steroid dienone is 4. The third kappa shape index (κ3) is 4.19. The molecule has 0 fully saturated rings. The molecule has 1 aliphatic carbocycles. The van der Waals surface area contributed by atoms with Crippen molar-refractivity contribution in [3.8, 4) is 16.8 Å². The van der Waals surface area contributed by atoms with E-state index in [-0.39, 0.29) is 6.54 Å². The predicted molar refractivity (Wildman–Crippen MR) is 129 cm³/mol. The summed E-state index contributed by atoms with van der Waals surface area (Å²) in [5.41, 5.74) is 3.24. The second kappa shape index (κ2) is 8.53. The minimum Gasteiger partial charge on any atom is -0.324 e. The summed E-state index contributed by atoms with van der Waals surface area (Å²) < 4.78 is 16.2. The van der Waals surface area contributed by atoms with Gasteiger partial charge in [0, 0.05) is 30.3 Å². The predicted octanol–water partition coefficient (Wildman–Crippen LogP) is 4.50. The fraction of sp³-hybridized carbons (Fsp3) is 0.111. The standard InChI is InChI=1S/C27H23N2O3P/c30-33(31,32)27(15-4-1-5-16-27)21-28-17-11-22(12-18-28)23-13-19-29(20-14-23)26-10-6-8-24-7-2-3-9-25(24)26/h1-15,17-20H,16,21H2/p+2. The highest BCUT2D eigenvalue weighted by atomic mass is 31.2. The quantitative estimate of drug-likeness (QED) is 0.343. The second-order valence-electron chi connectivity index (χ2n) is 8.39. The molecule has 0 spiro atoms. The summed E-state index contributed by atoms with van der Waals surface area (Å²) in [7, 11) is -4.32. The highest BCUT2D eigenvalue weighted by molar-refractivity contribution is 7.53. The van der Waals surface area contributed by atoms with Gasteiger partial charge >= 0.3 is 7.60 Å². The highest BCUT2D eigenvalue weighted by Crippen LogP contribution is 2.54. The molecule has 0 bridgehead atoms. The van der Waals surface area contributed by atoms with E-state index in [2.05, 4.69) is 65.5 Å². The molecular formula is C27H25N2O3P+2. The number of pyridine rings is 2. The monoisotopic (exact) mass is 456 g/mol. The van der Waals surface area contributed by atoms with Gasteiger partial charge in [0.2, 0.25) is 5.69 Å². The van der Waals surface area contributed by atoms with Crippen molar-refractivity contribution in [1.29, 1.82) is 0 Å². The van der Waals surface area contributed by atoms with Crippen LogP contribution in [0.3, 0.4) is 0 Å². The van der Waals surface area contributed by atoms with Crippen molar-refractivity contribution in [2.45, 2.75) is 18.1 Å². The van der Waals surface area contributed by atoms with Crippen molar-refractivity contribution < 1.29 is 23.5 Å². The molecule has 2 heterocycles. The molecular weight excluding hydrogens is 431 g/mol. The van der Waals surface area contributed by atoms with Crippen LogP contribution >= 0.6 is 7.60 Å². The Morgan fingerprint density at radius 1 is 0.818 bits per heavy atom. The van der Waals surface area contributed by atoms with E-state index >= 15 is 0 Å². The Morgan fingerprint density at radius 2 is 1.48 bits per heavy atom. The lowest BCUT2D eigenvalue weighted by Gasteiger charge is -2.28. The third-order valence-electron chi connectivity index (χ3n) is 6.26. The van der Waals surface area contributed by atoms with Crippen molar-refractivity contribution in [2.75, 3.05) is 0 Å². The molecule has 5 nitrogen and oxygen atoms in total. The van der Waals surface area contributed by atoms with Gasteiger partial charge in [-0.1, -0.05) is 54.6 Å². The van der Waals surface area contributed by atoms with E-state index in [0.717, 1.165) is 16.8 Å². The number of aromatic nitrogens is 2. The van der Waals surface area contributed by atoms with Gasteiger partial charge < -0.3 is 9.79 Å². The van der Waals surface area contributed by atoms with Crippen molar-refractivity contribution in [1.82, 2.24) is 0 Å². The summed E-state index contributed by atoms with van der Waals surface area (Å²) in [4.78, 5) is 20.0. The van der Waals surface area contributed by atoms with Gasteiger partial charge in [-0.2, -0.15) is 4.57 Å². The average molecular weight is 456 g/mol. The topological polar surface area (TPSA) is 65.3 Å². The number of nitrogens with zero attached hydrogens (tertiary/aromatic N) is 2. The number of hydrogen-bond donors (Lipinski definition) is 2. The summed E-state index contributed by atoms with van der Waals surface area (Å²) in [5, 5.41) is 1.20. The van der Waals surface area contributed by atoms with E-state index < -0.39 is 12.8 Å². The molecule has 0 saturated heterocycles. The molecule has 0 radical (unpaired) electrons. The summed E-state index contributed by atoms with van der Waals surface area (Å²) >= 11 is 0. The van der Waals surface area contributed by atoms with Crippen molar-refractivity contribution >= 4 is 18.4 Å². The minimum absolute atomic E-state index is 0.217. The smallest absolute Gasteiger partial charge is 0.324 e. The van der Waals surface area contributed by atoms with E-state index in [9.17, 15) is 14.4 Å². The first-order chi connectivity index (χ1) is 16.0. The Balaban J connectivity index is 1.39. The molecule has 0 saturated carbocycles. The lowest BCUT2D eigenvalue weighted by Crippen LogP contribution is -2.46. The highest BCUT2D eigenvalue weighted by Gasteiger charge is 2.48. The van der Waals surface area contributed by atoms with Crippen LogP contribution in [0.5, 0.6) is 0 Å². The van der Waals surface area contributed by atoms with Gasteiger partial charge in [-0.3, -0.25) is 4.57 Å². The first-order valence-electron chi connectivity index (χ1n) is 10.8. The van der Waals surface area contributed by atoms with E-state index in [0.29, 0.717) is 6.42 Å². The molecule has 2 N–H and O–H groups in total. The molecule has 1 aliphatic rings. The number of hydrogen-bond acceptors (Lipinski definition) is 1. The summed E-state index contributed by atoms with van der Waals surface area (Å²) in [5.74, 6) is 0. The summed E-state index contributed by atoms with van der Waals surface area (Å²) in [6, 6.07) is 22.7. The Kier molecular flexibility index (Phi) is 5.55.